The zero-order valence-corrected chi connectivity index (χ0v) is 7.96. The van der Waals surface area contributed by atoms with Crippen LogP contribution in [0.4, 0.5) is 4.79 Å². The number of nitrogens with one attached hydrogen (secondary N) is 2. The number of carboxylic acids is 1. The minimum absolute atomic E-state index is 0.0822. The van der Waals surface area contributed by atoms with E-state index in [1.807, 2.05) is 13.8 Å². The van der Waals surface area contributed by atoms with E-state index in [1.54, 1.807) is 0 Å². The molecule has 0 aromatic heterocycles. The zero-order chi connectivity index (χ0) is 10.3. The molecule has 13 heavy (non-hydrogen) atoms. The Balaban J connectivity index is 3.55. The van der Waals surface area contributed by atoms with E-state index < -0.39 is 12.0 Å². The summed E-state index contributed by atoms with van der Waals surface area (Å²) in [6.45, 7) is 3.56. The molecule has 0 saturated carbocycles. The highest BCUT2D eigenvalue weighted by molar-refractivity contribution is 5.79. The van der Waals surface area contributed by atoms with Crippen molar-refractivity contribution in [3.05, 3.63) is 0 Å². The lowest BCUT2D eigenvalue weighted by Crippen LogP contribution is -2.42. The molecule has 0 aromatic rings. The Hall–Kier alpha value is -1.26. The highest BCUT2D eigenvalue weighted by Gasteiger charge is 2.06. The average Bonchev–Trinajstić information content (AvgIpc) is 2.01. The van der Waals surface area contributed by atoms with Gasteiger partial charge < -0.3 is 15.7 Å². The third-order valence-electron chi connectivity index (χ3n) is 1.50. The molecular weight excluding hydrogens is 172 g/mol. The van der Waals surface area contributed by atoms with Gasteiger partial charge >= 0.3 is 12.0 Å². The van der Waals surface area contributed by atoms with Gasteiger partial charge in [-0.25, -0.2) is 4.79 Å². The van der Waals surface area contributed by atoms with Gasteiger partial charge in [-0.2, -0.15) is 0 Å². The van der Waals surface area contributed by atoms with Crippen LogP contribution in [0.1, 0.15) is 26.7 Å². The van der Waals surface area contributed by atoms with Crippen LogP contribution in [0.2, 0.25) is 0 Å². The monoisotopic (exact) mass is 188 g/mol. The molecule has 3 N–H and O–H groups in total. The number of hydrogen-bond acceptors (Lipinski definition) is 2. The van der Waals surface area contributed by atoms with Crippen molar-refractivity contribution < 1.29 is 14.7 Å². The molecule has 5 nitrogen and oxygen atoms in total. The predicted octanol–water partition coefficient (Wildman–Crippen LogP) is 0.559. The van der Waals surface area contributed by atoms with Gasteiger partial charge in [-0.15, -0.1) is 0 Å². The lowest BCUT2D eigenvalue weighted by molar-refractivity contribution is -0.135. The van der Waals surface area contributed by atoms with Crippen molar-refractivity contribution in [2.24, 2.45) is 0 Å². The summed E-state index contributed by atoms with van der Waals surface area (Å²) >= 11 is 0. The summed E-state index contributed by atoms with van der Waals surface area (Å²) in [7, 11) is 0. The van der Waals surface area contributed by atoms with Crippen molar-refractivity contribution in [2.75, 3.05) is 6.54 Å². The van der Waals surface area contributed by atoms with Crippen LogP contribution in [-0.2, 0) is 4.79 Å². The lowest BCUT2D eigenvalue weighted by atomic mass is 10.2. The number of rotatable bonds is 5. The third-order valence-corrected chi connectivity index (χ3v) is 1.50. The number of amides is 2. The Morgan fingerprint density at radius 2 is 2.08 bits per heavy atom. The number of carboxylic acid groups (broad SMARTS) is 1. The summed E-state index contributed by atoms with van der Waals surface area (Å²) in [5.74, 6) is -1.04. The van der Waals surface area contributed by atoms with Crippen LogP contribution in [0.5, 0.6) is 0 Å². The number of hydrogen-bond donors (Lipinski definition) is 3. The van der Waals surface area contributed by atoms with Crippen molar-refractivity contribution in [2.45, 2.75) is 32.7 Å². The first-order valence-electron chi connectivity index (χ1n) is 4.32. The van der Waals surface area contributed by atoms with Gasteiger partial charge in [0.25, 0.3) is 0 Å². The highest BCUT2D eigenvalue weighted by atomic mass is 16.4. The number of carbonyl (C=O) groups excluding carboxylic acids is 1. The second-order valence-electron chi connectivity index (χ2n) is 2.91. The molecule has 0 saturated heterocycles. The molecule has 2 amide bonds. The van der Waals surface area contributed by atoms with Crippen molar-refractivity contribution in [3.8, 4) is 0 Å². The molecule has 0 fully saturated rings. The summed E-state index contributed by atoms with van der Waals surface area (Å²) in [6, 6.07) is -0.345. The standard InChI is InChI=1S/C8H16N2O3/c1-3-4-6(2)10-8(13)9-5-7(11)12/h6H,3-5H2,1-2H3,(H,11,12)(H2,9,10,13). The van der Waals surface area contributed by atoms with Gasteiger partial charge in [-0.3, -0.25) is 4.79 Å². The quantitative estimate of drug-likeness (QED) is 0.589. The first-order chi connectivity index (χ1) is 6.06. The second-order valence-corrected chi connectivity index (χ2v) is 2.91. The SMILES string of the molecule is CCCC(C)NC(=O)NCC(=O)O. The molecular formula is C8H16N2O3. The van der Waals surface area contributed by atoms with Crippen LogP contribution in [0, 0.1) is 0 Å². The Morgan fingerprint density at radius 3 is 2.54 bits per heavy atom. The first kappa shape index (κ1) is 11.7. The van der Waals surface area contributed by atoms with Gasteiger partial charge in [0.05, 0.1) is 0 Å². The minimum atomic E-state index is -1.04. The van der Waals surface area contributed by atoms with Crippen LogP contribution in [0.3, 0.4) is 0 Å². The summed E-state index contributed by atoms with van der Waals surface area (Å²) in [5, 5.41) is 13.1. The number of aliphatic carboxylic acids is 1. The molecule has 76 valence electrons. The van der Waals surface area contributed by atoms with Crippen LogP contribution in [0.15, 0.2) is 0 Å². The maximum absolute atomic E-state index is 10.9. The molecule has 1 unspecified atom stereocenters. The normalized spacial score (nSPS) is 11.8. The van der Waals surface area contributed by atoms with Crippen molar-refractivity contribution >= 4 is 12.0 Å². The fraction of sp³-hybridized carbons (Fsp3) is 0.750. The summed E-state index contributed by atoms with van der Waals surface area (Å²) in [4.78, 5) is 21.0. The number of urea groups is 1. The van der Waals surface area contributed by atoms with Crippen molar-refractivity contribution in [1.29, 1.82) is 0 Å². The molecule has 1 atom stereocenters. The van der Waals surface area contributed by atoms with Gasteiger partial charge in [0.15, 0.2) is 0 Å². The molecule has 0 aromatic carbocycles. The molecule has 0 aliphatic heterocycles. The molecule has 0 spiro atoms. The van der Waals surface area contributed by atoms with E-state index in [2.05, 4.69) is 10.6 Å². The fourth-order valence-corrected chi connectivity index (χ4v) is 0.936. The molecule has 5 heteroatoms. The van der Waals surface area contributed by atoms with Gasteiger partial charge in [0.1, 0.15) is 6.54 Å². The van der Waals surface area contributed by atoms with Crippen LogP contribution >= 0.6 is 0 Å². The summed E-state index contributed by atoms with van der Waals surface area (Å²) < 4.78 is 0. The Kier molecular flexibility index (Phi) is 5.67. The number of carbonyl (C=O) groups is 2. The van der Waals surface area contributed by atoms with E-state index >= 15 is 0 Å². The lowest BCUT2D eigenvalue weighted by Gasteiger charge is -2.12. The Labute approximate surface area is 77.5 Å². The molecule has 0 aliphatic rings. The average molecular weight is 188 g/mol. The zero-order valence-electron chi connectivity index (χ0n) is 7.96. The summed E-state index contributed by atoms with van der Waals surface area (Å²) in [5.41, 5.74) is 0. The van der Waals surface area contributed by atoms with Gasteiger partial charge in [0.2, 0.25) is 0 Å². The second kappa shape index (κ2) is 6.28. The first-order valence-corrected chi connectivity index (χ1v) is 4.32. The largest absolute Gasteiger partial charge is 0.480 e. The third kappa shape index (κ3) is 7.11. The van der Waals surface area contributed by atoms with E-state index in [4.69, 9.17) is 5.11 Å². The van der Waals surface area contributed by atoms with E-state index in [0.717, 1.165) is 12.8 Å². The van der Waals surface area contributed by atoms with Gasteiger partial charge in [-0.1, -0.05) is 13.3 Å². The van der Waals surface area contributed by atoms with Gasteiger partial charge in [-0.05, 0) is 13.3 Å². The summed E-state index contributed by atoms with van der Waals surface area (Å²) in [6.07, 6.45) is 1.88. The van der Waals surface area contributed by atoms with E-state index in [-0.39, 0.29) is 12.6 Å². The fourth-order valence-electron chi connectivity index (χ4n) is 0.936. The smallest absolute Gasteiger partial charge is 0.323 e. The maximum Gasteiger partial charge on any atom is 0.323 e. The van der Waals surface area contributed by atoms with Crippen molar-refractivity contribution in [1.82, 2.24) is 10.6 Å². The van der Waals surface area contributed by atoms with Crippen LogP contribution < -0.4 is 10.6 Å². The maximum atomic E-state index is 10.9. The Bertz CT molecular complexity index is 182. The molecule has 0 rings (SSSR count). The van der Waals surface area contributed by atoms with Gasteiger partial charge in [0, 0.05) is 6.04 Å². The predicted molar refractivity (Wildman–Crippen MR) is 48.5 cm³/mol. The van der Waals surface area contributed by atoms with E-state index in [9.17, 15) is 9.59 Å². The highest BCUT2D eigenvalue weighted by Crippen LogP contribution is 1.93. The molecule has 0 heterocycles. The molecule has 0 aliphatic carbocycles. The minimum Gasteiger partial charge on any atom is -0.480 e. The van der Waals surface area contributed by atoms with Crippen LogP contribution in [-0.4, -0.2) is 29.7 Å². The Morgan fingerprint density at radius 1 is 1.46 bits per heavy atom. The molecule has 0 radical (unpaired) electrons. The van der Waals surface area contributed by atoms with E-state index in [1.165, 1.54) is 0 Å². The van der Waals surface area contributed by atoms with Crippen molar-refractivity contribution in [3.63, 3.8) is 0 Å². The van der Waals surface area contributed by atoms with Crippen LogP contribution in [0.25, 0.3) is 0 Å². The topological polar surface area (TPSA) is 78.4 Å². The molecule has 0 bridgehead atoms. The van der Waals surface area contributed by atoms with E-state index in [0.29, 0.717) is 0 Å².